The van der Waals surface area contributed by atoms with Crippen molar-refractivity contribution in [3.05, 3.63) is 50.6 Å². The summed E-state index contributed by atoms with van der Waals surface area (Å²) in [6.07, 6.45) is 0. The minimum atomic E-state index is -3.49. The van der Waals surface area contributed by atoms with Gasteiger partial charge in [0.15, 0.2) is 0 Å². The van der Waals surface area contributed by atoms with Crippen molar-refractivity contribution in [2.75, 3.05) is 0 Å². The predicted octanol–water partition coefficient (Wildman–Crippen LogP) is 3.86. The van der Waals surface area contributed by atoms with Gasteiger partial charge >= 0.3 is 0 Å². The van der Waals surface area contributed by atoms with E-state index in [0.29, 0.717) is 4.90 Å². The van der Waals surface area contributed by atoms with E-state index < -0.39 is 10.0 Å². The molecule has 0 amide bonds. The van der Waals surface area contributed by atoms with Crippen molar-refractivity contribution in [3.63, 3.8) is 0 Å². The van der Waals surface area contributed by atoms with Crippen molar-refractivity contribution < 1.29 is 8.42 Å². The zero-order chi connectivity index (χ0) is 14.0. The first kappa shape index (κ1) is 14.7. The lowest BCUT2D eigenvalue weighted by molar-refractivity contribution is 0.567. The molecule has 1 atom stereocenters. The number of thiophene rings is 1. The molecule has 0 unspecified atom stereocenters. The summed E-state index contributed by atoms with van der Waals surface area (Å²) in [6.45, 7) is 3.64. The normalized spacial score (nSPS) is 13.4. The fraction of sp³-hybridized carbons (Fsp3) is 0.231. The van der Waals surface area contributed by atoms with Gasteiger partial charge in [-0.25, -0.2) is 13.1 Å². The Balaban J connectivity index is 2.25. The van der Waals surface area contributed by atoms with Gasteiger partial charge < -0.3 is 0 Å². The summed E-state index contributed by atoms with van der Waals surface area (Å²) in [6, 6.07) is 10.9. The molecule has 0 spiro atoms. The second-order valence-electron chi connectivity index (χ2n) is 4.22. The molecule has 2 aromatic rings. The number of hydrogen-bond donors (Lipinski definition) is 1. The van der Waals surface area contributed by atoms with E-state index in [1.165, 1.54) is 11.3 Å². The Labute approximate surface area is 125 Å². The fourth-order valence-corrected chi connectivity index (χ4v) is 5.45. The number of sulfonamides is 1. The number of halogens is 1. The lowest BCUT2D eigenvalue weighted by Gasteiger charge is -2.14. The maximum absolute atomic E-state index is 12.3. The van der Waals surface area contributed by atoms with Crippen LogP contribution in [-0.2, 0) is 10.0 Å². The molecule has 0 fully saturated rings. The lowest BCUT2D eigenvalue weighted by Crippen LogP contribution is -2.27. The van der Waals surface area contributed by atoms with Crippen LogP contribution in [0.3, 0.4) is 0 Å². The van der Waals surface area contributed by atoms with Crippen molar-refractivity contribution in [1.82, 2.24) is 4.72 Å². The fourth-order valence-electron chi connectivity index (χ4n) is 1.80. The smallest absolute Gasteiger partial charge is 0.207 e. The minimum absolute atomic E-state index is 0.260. The standard InChI is InChI=1S/C13H14BrNO2S2/c1-9(11-6-4-3-5-7-11)15-19(16,17)12-8-13(14)18-10(12)2/h3-9,15H,1-2H3/t9-/m0/s1. The van der Waals surface area contributed by atoms with E-state index in [9.17, 15) is 8.42 Å². The van der Waals surface area contributed by atoms with Gasteiger partial charge in [-0.2, -0.15) is 0 Å². The van der Waals surface area contributed by atoms with E-state index in [0.717, 1.165) is 14.2 Å². The Morgan fingerprint density at radius 2 is 1.89 bits per heavy atom. The van der Waals surface area contributed by atoms with Crippen molar-refractivity contribution in [2.24, 2.45) is 0 Å². The Bertz CT molecular complexity index is 665. The molecule has 1 aromatic heterocycles. The summed E-state index contributed by atoms with van der Waals surface area (Å²) < 4.78 is 28.2. The molecule has 0 aliphatic carbocycles. The summed E-state index contributed by atoms with van der Waals surface area (Å²) in [4.78, 5) is 1.12. The summed E-state index contributed by atoms with van der Waals surface area (Å²) in [7, 11) is -3.49. The molecular formula is C13H14BrNO2S2. The van der Waals surface area contributed by atoms with Gasteiger partial charge in [0.05, 0.1) is 8.68 Å². The molecule has 0 radical (unpaired) electrons. The Kier molecular flexibility index (Phi) is 4.45. The molecule has 6 heteroatoms. The molecule has 0 bridgehead atoms. The van der Waals surface area contributed by atoms with E-state index in [-0.39, 0.29) is 6.04 Å². The average molecular weight is 360 g/mol. The van der Waals surface area contributed by atoms with Gasteiger partial charge in [-0.05, 0) is 41.4 Å². The van der Waals surface area contributed by atoms with E-state index in [4.69, 9.17) is 0 Å². The summed E-state index contributed by atoms with van der Waals surface area (Å²) in [5, 5.41) is 0. The molecule has 0 aliphatic rings. The first-order valence-electron chi connectivity index (χ1n) is 5.73. The van der Waals surface area contributed by atoms with Crippen LogP contribution in [0.15, 0.2) is 45.1 Å². The van der Waals surface area contributed by atoms with Gasteiger partial charge in [0.2, 0.25) is 10.0 Å². The van der Waals surface area contributed by atoms with Crippen molar-refractivity contribution >= 4 is 37.3 Å². The Morgan fingerprint density at radius 3 is 2.42 bits per heavy atom. The zero-order valence-corrected chi connectivity index (χ0v) is 13.8. The zero-order valence-electron chi connectivity index (χ0n) is 10.6. The third-order valence-electron chi connectivity index (χ3n) is 2.76. The van der Waals surface area contributed by atoms with Gasteiger partial charge in [-0.1, -0.05) is 30.3 Å². The quantitative estimate of drug-likeness (QED) is 0.900. The SMILES string of the molecule is Cc1sc(Br)cc1S(=O)(=O)N[C@@H](C)c1ccccc1. The third kappa shape index (κ3) is 3.45. The molecule has 19 heavy (non-hydrogen) atoms. The molecule has 3 nitrogen and oxygen atoms in total. The van der Waals surface area contributed by atoms with Crippen molar-refractivity contribution in [2.45, 2.75) is 24.8 Å². The minimum Gasteiger partial charge on any atom is -0.207 e. The lowest BCUT2D eigenvalue weighted by atomic mass is 10.1. The average Bonchev–Trinajstić information content (AvgIpc) is 2.70. The maximum atomic E-state index is 12.3. The number of rotatable bonds is 4. The van der Waals surface area contributed by atoms with Crippen LogP contribution in [-0.4, -0.2) is 8.42 Å². The molecule has 0 saturated heterocycles. The van der Waals surface area contributed by atoms with Gasteiger partial charge in [-0.3, -0.25) is 0 Å². The van der Waals surface area contributed by atoms with Crippen LogP contribution in [0.2, 0.25) is 0 Å². The first-order valence-corrected chi connectivity index (χ1v) is 8.82. The van der Waals surface area contributed by atoms with Crippen LogP contribution in [0.25, 0.3) is 0 Å². The van der Waals surface area contributed by atoms with Gasteiger partial charge in [0.1, 0.15) is 0 Å². The predicted molar refractivity (Wildman–Crippen MR) is 81.9 cm³/mol. The Morgan fingerprint density at radius 1 is 1.26 bits per heavy atom. The van der Waals surface area contributed by atoms with E-state index >= 15 is 0 Å². The summed E-state index contributed by atoms with van der Waals surface area (Å²) >= 11 is 4.73. The van der Waals surface area contributed by atoms with Crippen LogP contribution in [0, 0.1) is 6.92 Å². The van der Waals surface area contributed by atoms with Crippen molar-refractivity contribution in [1.29, 1.82) is 0 Å². The van der Waals surface area contributed by atoms with Crippen LogP contribution in [0.4, 0.5) is 0 Å². The number of aryl methyl sites for hydroxylation is 1. The maximum Gasteiger partial charge on any atom is 0.242 e. The number of nitrogens with one attached hydrogen (secondary N) is 1. The van der Waals surface area contributed by atoms with Crippen LogP contribution >= 0.6 is 27.3 Å². The Hall–Kier alpha value is -0.690. The van der Waals surface area contributed by atoms with Gasteiger partial charge in [-0.15, -0.1) is 11.3 Å². The molecule has 0 saturated carbocycles. The second kappa shape index (κ2) is 5.75. The molecule has 1 N–H and O–H groups in total. The summed E-state index contributed by atoms with van der Waals surface area (Å²) in [5.41, 5.74) is 0.943. The van der Waals surface area contributed by atoms with E-state index in [2.05, 4.69) is 20.7 Å². The van der Waals surface area contributed by atoms with Crippen molar-refractivity contribution in [3.8, 4) is 0 Å². The highest BCUT2D eigenvalue weighted by Crippen LogP contribution is 2.30. The van der Waals surface area contributed by atoms with Crippen LogP contribution in [0.5, 0.6) is 0 Å². The molecule has 102 valence electrons. The van der Waals surface area contributed by atoms with Gasteiger partial charge in [0, 0.05) is 10.9 Å². The van der Waals surface area contributed by atoms with E-state index in [1.54, 1.807) is 13.0 Å². The highest BCUT2D eigenvalue weighted by Gasteiger charge is 2.22. The second-order valence-corrected chi connectivity index (χ2v) is 8.54. The largest absolute Gasteiger partial charge is 0.242 e. The molecular weight excluding hydrogens is 346 g/mol. The molecule has 1 aromatic carbocycles. The number of hydrogen-bond acceptors (Lipinski definition) is 3. The highest BCUT2D eigenvalue weighted by atomic mass is 79.9. The van der Waals surface area contributed by atoms with E-state index in [1.807, 2.05) is 37.3 Å². The monoisotopic (exact) mass is 359 g/mol. The molecule has 1 heterocycles. The third-order valence-corrected chi connectivity index (χ3v) is 6.11. The highest BCUT2D eigenvalue weighted by molar-refractivity contribution is 9.11. The molecule has 2 rings (SSSR count). The summed E-state index contributed by atoms with van der Waals surface area (Å²) in [5.74, 6) is 0. The number of benzene rings is 1. The first-order chi connectivity index (χ1) is 8.90. The topological polar surface area (TPSA) is 46.2 Å². The van der Waals surface area contributed by atoms with Crippen LogP contribution < -0.4 is 4.72 Å². The molecule has 0 aliphatic heterocycles. The van der Waals surface area contributed by atoms with Gasteiger partial charge in [0.25, 0.3) is 0 Å². The van der Waals surface area contributed by atoms with Crippen LogP contribution in [0.1, 0.15) is 23.4 Å².